The molecule has 1 saturated carbocycles. The summed E-state index contributed by atoms with van der Waals surface area (Å²) in [6, 6.07) is 12.4. The fraction of sp³-hybridized carbons (Fsp3) is 0.500. The Labute approximate surface area is 204 Å². The Balaban J connectivity index is 1.74. The average Bonchev–Trinajstić information content (AvgIpc) is 2.82. The summed E-state index contributed by atoms with van der Waals surface area (Å²) in [5.74, 6) is -3.20. The number of hydrogen-bond acceptors (Lipinski definition) is 5. The van der Waals surface area contributed by atoms with E-state index in [1.165, 1.54) is 31.0 Å². The second kappa shape index (κ2) is 10.2. The van der Waals surface area contributed by atoms with Gasteiger partial charge in [0.1, 0.15) is 5.75 Å². The van der Waals surface area contributed by atoms with Crippen molar-refractivity contribution in [1.29, 1.82) is 0 Å². The Kier molecular flexibility index (Phi) is 7.50. The zero-order valence-electron chi connectivity index (χ0n) is 19.9. The molecule has 1 heterocycles. The van der Waals surface area contributed by atoms with Crippen molar-refractivity contribution in [2.24, 2.45) is 0 Å². The van der Waals surface area contributed by atoms with E-state index in [1.807, 2.05) is 30.3 Å². The number of nitrogens with zero attached hydrogens (tertiary/aromatic N) is 1. The highest BCUT2D eigenvalue weighted by Gasteiger charge is 2.50. The number of carbonyl (C=O) groups excluding carboxylic acids is 1. The predicted octanol–water partition coefficient (Wildman–Crippen LogP) is 5.25. The van der Waals surface area contributed by atoms with Gasteiger partial charge in [0, 0.05) is 36.0 Å². The molecule has 1 atom stereocenters. The maximum Gasteiger partial charge on any atom is 0.270 e. The Morgan fingerprint density at radius 2 is 1.88 bits per heavy atom. The monoisotopic (exact) mass is 490 g/mol. The van der Waals surface area contributed by atoms with E-state index in [0.717, 1.165) is 44.8 Å². The molecule has 184 valence electrons. The van der Waals surface area contributed by atoms with E-state index in [0.29, 0.717) is 23.7 Å². The smallest absolute Gasteiger partial charge is 0.270 e. The highest BCUT2D eigenvalue weighted by molar-refractivity contribution is 7.98. The van der Waals surface area contributed by atoms with Crippen LogP contribution in [0.25, 0.3) is 0 Å². The van der Waals surface area contributed by atoms with Crippen LogP contribution in [0.4, 0.5) is 8.78 Å². The first-order valence-electron chi connectivity index (χ1n) is 11.6. The van der Waals surface area contributed by atoms with E-state index in [4.69, 9.17) is 9.47 Å². The van der Waals surface area contributed by atoms with Crippen LogP contribution in [-0.2, 0) is 10.7 Å². The van der Waals surface area contributed by atoms with Crippen LogP contribution in [0.2, 0.25) is 0 Å². The highest BCUT2D eigenvalue weighted by Crippen LogP contribution is 2.48. The second-order valence-electron chi connectivity index (χ2n) is 9.02. The van der Waals surface area contributed by atoms with Crippen LogP contribution in [0.15, 0.2) is 47.4 Å². The Bertz CT molecular complexity index is 978. The number of rotatable bonds is 8. The first kappa shape index (κ1) is 24.9. The molecule has 0 radical (unpaired) electrons. The fourth-order valence-corrected chi connectivity index (χ4v) is 5.74. The zero-order chi connectivity index (χ0) is 24.3. The predicted molar refractivity (Wildman–Crippen MR) is 130 cm³/mol. The number of hydrogen-bond donors (Lipinski definition) is 1. The van der Waals surface area contributed by atoms with Crippen LogP contribution < -0.4 is 10.1 Å². The molecular weight excluding hydrogens is 458 g/mol. The van der Waals surface area contributed by atoms with E-state index in [1.54, 1.807) is 6.26 Å². The van der Waals surface area contributed by atoms with Gasteiger partial charge in [0.15, 0.2) is 0 Å². The molecule has 0 spiro atoms. The van der Waals surface area contributed by atoms with Gasteiger partial charge in [0.25, 0.3) is 11.8 Å². The maximum atomic E-state index is 14.1. The number of carbonyl (C=O) groups is 1. The van der Waals surface area contributed by atoms with Crippen molar-refractivity contribution in [2.45, 2.75) is 48.6 Å². The second-order valence-corrected chi connectivity index (χ2v) is 9.87. The minimum absolute atomic E-state index is 0.154. The number of halogens is 2. The molecular formula is C26H32F2N2O3S. The minimum atomic E-state index is -3.04. The SMILES string of the molecule is COc1cc(C(C)(F)F)cc(SC)c1C(=O)NC(c1ccccc1)C1(N2CCOCC2)CCC1. The molecule has 2 aliphatic rings. The molecule has 2 aromatic rings. The van der Waals surface area contributed by atoms with Crippen molar-refractivity contribution >= 4 is 17.7 Å². The summed E-state index contributed by atoms with van der Waals surface area (Å²) in [6.45, 7) is 3.83. The first-order valence-corrected chi connectivity index (χ1v) is 12.9. The van der Waals surface area contributed by atoms with Gasteiger partial charge in [-0.1, -0.05) is 30.3 Å². The number of methoxy groups -OCH3 is 1. The van der Waals surface area contributed by atoms with Gasteiger partial charge in [-0.25, -0.2) is 8.78 Å². The van der Waals surface area contributed by atoms with E-state index in [2.05, 4.69) is 10.2 Å². The van der Waals surface area contributed by atoms with E-state index >= 15 is 0 Å². The molecule has 0 bridgehead atoms. The van der Waals surface area contributed by atoms with Crippen molar-refractivity contribution in [2.75, 3.05) is 39.7 Å². The van der Waals surface area contributed by atoms with Gasteiger partial charge in [-0.15, -0.1) is 11.8 Å². The van der Waals surface area contributed by atoms with Gasteiger partial charge < -0.3 is 14.8 Å². The number of ether oxygens (including phenoxy) is 2. The number of alkyl halides is 2. The third-order valence-corrected chi connectivity index (χ3v) is 7.81. The van der Waals surface area contributed by atoms with E-state index in [-0.39, 0.29) is 28.8 Å². The highest BCUT2D eigenvalue weighted by atomic mass is 32.2. The molecule has 1 saturated heterocycles. The Hall–Kier alpha value is -2.16. The van der Waals surface area contributed by atoms with Gasteiger partial charge >= 0.3 is 0 Å². The summed E-state index contributed by atoms with van der Waals surface area (Å²) in [7, 11) is 1.41. The first-order chi connectivity index (χ1) is 16.3. The molecule has 2 aromatic carbocycles. The lowest BCUT2D eigenvalue weighted by atomic mass is 9.67. The van der Waals surface area contributed by atoms with E-state index in [9.17, 15) is 13.6 Å². The quantitative estimate of drug-likeness (QED) is 0.512. The van der Waals surface area contributed by atoms with Crippen molar-refractivity contribution in [3.63, 3.8) is 0 Å². The summed E-state index contributed by atoms with van der Waals surface area (Å²) in [5, 5.41) is 3.30. The van der Waals surface area contributed by atoms with Gasteiger partial charge in [0.05, 0.1) is 31.9 Å². The van der Waals surface area contributed by atoms with Crippen molar-refractivity contribution in [1.82, 2.24) is 10.2 Å². The molecule has 34 heavy (non-hydrogen) atoms. The van der Waals surface area contributed by atoms with Gasteiger partial charge in [-0.3, -0.25) is 9.69 Å². The lowest BCUT2D eigenvalue weighted by Gasteiger charge is -2.56. The normalized spacial score (nSPS) is 19.2. The lowest BCUT2D eigenvalue weighted by Crippen LogP contribution is -2.63. The molecule has 4 rings (SSSR count). The van der Waals surface area contributed by atoms with Crippen LogP contribution in [0.5, 0.6) is 5.75 Å². The molecule has 5 nitrogen and oxygen atoms in total. The third kappa shape index (κ3) is 4.81. The van der Waals surface area contributed by atoms with Gasteiger partial charge in [0.2, 0.25) is 0 Å². The molecule has 0 aromatic heterocycles. The lowest BCUT2D eigenvalue weighted by molar-refractivity contribution is -0.0733. The summed E-state index contributed by atoms with van der Waals surface area (Å²) in [5.41, 5.74) is 0.946. The molecule has 8 heteroatoms. The van der Waals surface area contributed by atoms with Gasteiger partial charge in [-0.2, -0.15) is 0 Å². The third-order valence-electron chi connectivity index (χ3n) is 7.05. The van der Waals surface area contributed by atoms with Crippen LogP contribution in [0, 0.1) is 0 Å². The number of benzene rings is 2. The molecule has 1 aliphatic heterocycles. The Morgan fingerprint density at radius 1 is 1.21 bits per heavy atom. The fourth-order valence-electron chi connectivity index (χ4n) is 5.10. The molecule has 2 fully saturated rings. The summed E-state index contributed by atoms with van der Waals surface area (Å²) in [4.78, 5) is 16.7. The summed E-state index contributed by atoms with van der Waals surface area (Å²) >= 11 is 1.26. The van der Waals surface area contributed by atoms with Crippen LogP contribution in [0.1, 0.15) is 53.7 Å². The van der Waals surface area contributed by atoms with E-state index < -0.39 is 5.92 Å². The van der Waals surface area contributed by atoms with Crippen LogP contribution in [0.3, 0.4) is 0 Å². The number of nitrogens with one attached hydrogen (secondary N) is 1. The Morgan fingerprint density at radius 3 is 2.41 bits per heavy atom. The number of morpholine rings is 1. The largest absolute Gasteiger partial charge is 0.496 e. The van der Waals surface area contributed by atoms with Crippen molar-refractivity contribution in [3.8, 4) is 5.75 Å². The van der Waals surface area contributed by atoms with Crippen molar-refractivity contribution in [3.05, 3.63) is 59.2 Å². The molecule has 1 aliphatic carbocycles. The molecule has 1 amide bonds. The summed E-state index contributed by atoms with van der Waals surface area (Å²) in [6.07, 6.45) is 4.82. The minimum Gasteiger partial charge on any atom is -0.496 e. The van der Waals surface area contributed by atoms with Gasteiger partial charge in [-0.05, 0) is 43.2 Å². The summed E-state index contributed by atoms with van der Waals surface area (Å²) < 4.78 is 39.2. The van der Waals surface area contributed by atoms with Crippen molar-refractivity contribution < 1.29 is 23.0 Å². The average molecular weight is 491 g/mol. The standard InChI is InChI=1S/C26H32F2N2O3S/c1-25(27,28)19-16-20(32-2)22(21(17-19)34-3)24(31)29-23(18-8-5-4-6-9-18)26(10-7-11-26)30-12-14-33-15-13-30/h4-6,8-9,16-17,23H,7,10-15H2,1-3H3,(H,29,31). The molecule has 1 unspecified atom stereocenters. The number of thioether (sulfide) groups is 1. The molecule has 1 N–H and O–H groups in total. The topological polar surface area (TPSA) is 50.8 Å². The number of amides is 1. The van der Waals surface area contributed by atoms with Crippen LogP contribution in [-0.4, -0.2) is 56.0 Å². The van der Waals surface area contributed by atoms with Crippen LogP contribution >= 0.6 is 11.8 Å². The zero-order valence-corrected chi connectivity index (χ0v) is 20.7. The maximum absolute atomic E-state index is 14.1.